The maximum absolute atomic E-state index is 11.9. The Morgan fingerprint density at radius 2 is 1.75 bits per heavy atom. The summed E-state index contributed by atoms with van der Waals surface area (Å²) in [5, 5.41) is 0. The van der Waals surface area contributed by atoms with Gasteiger partial charge in [-0.05, 0) is 38.0 Å². The highest BCUT2D eigenvalue weighted by atomic mass is 32.2. The Kier molecular flexibility index (Phi) is 5.42. The van der Waals surface area contributed by atoms with Crippen molar-refractivity contribution >= 4 is 10.0 Å². The molecular weight excluding hydrogens is 278 g/mol. The van der Waals surface area contributed by atoms with Crippen LogP contribution < -0.4 is 14.2 Å². The van der Waals surface area contributed by atoms with Crippen molar-refractivity contribution in [3.63, 3.8) is 0 Å². The number of rotatable bonds is 7. The summed E-state index contributed by atoms with van der Waals surface area (Å²) in [4.78, 5) is 0. The number of methoxy groups -OCH3 is 2. The molecule has 5 nitrogen and oxygen atoms in total. The number of benzene rings is 1. The van der Waals surface area contributed by atoms with Gasteiger partial charge in [-0.3, -0.25) is 0 Å². The van der Waals surface area contributed by atoms with Crippen molar-refractivity contribution in [1.29, 1.82) is 0 Å². The smallest absolute Gasteiger partial charge is 0.212 e. The van der Waals surface area contributed by atoms with E-state index in [4.69, 9.17) is 9.47 Å². The van der Waals surface area contributed by atoms with Crippen molar-refractivity contribution in [2.75, 3.05) is 20.0 Å². The van der Waals surface area contributed by atoms with Crippen LogP contribution in [0.2, 0.25) is 0 Å². The fourth-order valence-corrected chi connectivity index (χ4v) is 3.53. The maximum Gasteiger partial charge on any atom is 0.212 e. The van der Waals surface area contributed by atoms with Gasteiger partial charge in [-0.15, -0.1) is 0 Å². The lowest BCUT2D eigenvalue weighted by molar-refractivity contribution is 0.352. The summed E-state index contributed by atoms with van der Waals surface area (Å²) in [7, 11) is -0.181. The van der Waals surface area contributed by atoms with Gasteiger partial charge in [-0.2, -0.15) is 0 Å². The lowest BCUT2D eigenvalue weighted by Crippen LogP contribution is -2.42. The molecule has 0 atom stereocenters. The Morgan fingerprint density at radius 3 is 2.25 bits per heavy atom. The fourth-order valence-electron chi connectivity index (χ4n) is 1.99. The third-order valence-electron chi connectivity index (χ3n) is 2.99. The van der Waals surface area contributed by atoms with Gasteiger partial charge in [-0.25, -0.2) is 13.1 Å². The van der Waals surface area contributed by atoms with Crippen LogP contribution in [-0.2, 0) is 15.6 Å². The van der Waals surface area contributed by atoms with Gasteiger partial charge in [0.2, 0.25) is 10.0 Å². The molecular formula is C14H23NO4S. The SMILES string of the molecule is CCCS(=O)(=O)NC(C)(C)c1ccc(OC)c(OC)c1. The summed E-state index contributed by atoms with van der Waals surface area (Å²) in [6.45, 7) is 5.48. The van der Waals surface area contributed by atoms with Gasteiger partial charge in [0.05, 0.1) is 25.5 Å². The molecule has 114 valence electrons. The molecule has 1 aromatic carbocycles. The zero-order valence-corrected chi connectivity index (χ0v) is 13.5. The van der Waals surface area contributed by atoms with Crippen molar-refractivity contribution in [3.05, 3.63) is 23.8 Å². The number of sulfonamides is 1. The number of nitrogens with one attached hydrogen (secondary N) is 1. The average molecular weight is 301 g/mol. The molecule has 0 fully saturated rings. The zero-order valence-electron chi connectivity index (χ0n) is 12.7. The van der Waals surface area contributed by atoms with Crippen LogP contribution in [0.4, 0.5) is 0 Å². The molecule has 0 amide bonds. The quantitative estimate of drug-likeness (QED) is 0.839. The minimum atomic E-state index is -3.29. The highest BCUT2D eigenvalue weighted by Crippen LogP contribution is 2.32. The predicted molar refractivity (Wildman–Crippen MR) is 79.8 cm³/mol. The van der Waals surface area contributed by atoms with Crippen LogP contribution in [0, 0.1) is 0 Å². The summed E-state index contributed by atoms with van der Waals surface area (Å²) in [6, 6.07) is 5.38. The van der Waals surface area contributed by atoms with Crippen molar-refractivity contribution in [3.8, 4) is 11.5 Å². The molecule has 0 bridgehead atoms. The van der Waals surface area contributed by atoms with Gasteiger partial charge in [-0.1, -0.05) is 13.0 Å². The van der Waals surface area contributed by atoms with E-state index < -0.39 is 15.6 Å². The second kappa shape index (κ2) is 6.45. The summed E-state index contributed by atoms with van der Waals surface area (Å²) < 4.78 is 37.0. The van der Waals surface area contributed by atoms with Crippen molar-refractivity contribution < 1.29 is 17.9 Å². The molecule has 0 aliphatic carbocycles. The van der Waals surface area contributed by atoms with E-state index >= 15 is 0 Å². The van der Waals surface area contributed by atoms with Crippen LogP contribution in [0.15, 0.2) is 18.2 Å². The molecule has 20 heavy (non-hydrogen) atoms. The molecule has 6 heteroatoms. The summed E-state index contributed by atoms with van der Waals surface area (Å²) >= 11 is 0. The number of hydrogen-bond acceptors (Lipinski definition) is 4. The topological polar surface area (TPSA) is 64.6 Å². The van der Waals surface area contributed by atoms with Gasteiger partial charge in [0.1, 0.15) is 0 Å². The minimum Gasteiger partial charge on any atom is -0.493 e. The van der Waals surface area contributed by atoms with E-state index in [-0.39, 0.29) is 5.75 Å². The average Bonchev–Trinajstić information content (AvgIpc) is 2.36. The van der Waals surface area contributed by atoms with Gasteiger partial charge in [0.15, 0.2) is 11.5 Å². The molecule has 0 saturated carbocycles. The van der Waals surface area contributed by atoms with E-state index in [1.807, 2.05) is 26.8 Å². The van der Waals surface area contributed by atoms with Crippen LogP contribution >= 0.6 is 0 Å². The van der Waals surface area contributed by atoms with Gasteiger partial charge < -0.3 is 9.47 Å². The number of ether oxygens (including phenoxy) is 2. The third-order valence-corrected chi connectivity index (χ3v) is 4.76. The molecule has 0 unspecified atom stereocenters. The lowest BCUT2D eigenvalue weighted by Gasteiger charge is -2.27. The van der Waals surface area contributed by atoms with Crippen LogP contribution in [0.3, 0.4) is 0 Å². The Labute approximate surface area is 121 Å². The first-order chi connectivity index (χ1) is 9.25. The Hall–Kier alpha value is -1.27. The highest BCUT2D eigenvalue weighted by molar-refractivity contribution is 7.89. The standard InChI is InChI=1S/C14H23NO4S/c1-6-9-20(16,17)15-14(2,3)11-7-8-12(18-4)13(10-11)19-5/h7-8,10,15H,6,9H2,1-5H3. The third kappa shape index (κ3) is 4.11. The van der Waals surface area contributed by atoms with Crippen molar-refractivity contribution in [1.82, 2.24) is 4.72 Å². The van der Waals surface area contributed by atoms with E-state index in [2.05, 4.69) is 4.72 Å². The first-order valence-electron chi connectivity index (χ1n) is 6.50. The highest BCUT2D eigenvalue weighted by Gasteiger charge is 2.27. The molecule has 0 aromatic heterocycles. The molecule has 1 aromatic rings. The molecule has 1 rings (SSSR count). The Bertz CT molecular complexity index is 552. The molecule has 0 heterocycles. The Balaban J connectivity index is 3.09. The van der Waals surface area contributed by atoms with Crippen LogP contribution in [0.25, 0.3) is 0 Å². The first kappa shape index (κ1) is 16.8. The molecule has 0 aliphatic rings. The lowest BCUT2D eigenvalue weighted by atomic mass is 9.95. The van der Waals surface area contributed by atoms with E-state index in [1.54, 1.807) is 26.4 Å². The number of hydrogen-bond donors (Lipinski definition) is 1. The van der Waals surface area contributed by atoms with E-state index in [9.17, 15) is 8.42 Å². The monoisotopic (exact) mass is 301 g/mol. The molecule has 0 saturated heterocycles. The normalized spacial score (nSPS) is 12.2. The second-order valence-corrected chi connectivity index (χ2v) is 6.96. The van der Waals surface area contributed by atoms with Gasteiger partial charge in [0, 0.05) is 0 Å². The Morgan fingerprint density at radius 1 is 1.15 bits per heavy atom. The summed E-state index contributed by atoms with van der Waals surface area (Å²) in [5.41, 5.74) is 0.0999. The maximum atomic E-state index is 11.9. The van der Waals surface area contributed by atoms with Crippen molar-refractivity contribution in [2.45, 2.75) is 32.7 Å². The molecule has 0 radical (unpaired) electrons. The van der Waals surface area contributed by atoms with E-state index in [0.717, 1.165) is 5.56 Å². The molecule has 0 aliphatic heterocycles. The van der Waals surface area contributed by atoms with Gasteiger partial charge >= 0.3 is 0 Å². The zero-order chi connectivity index (χ0) is 15.4. The molecule has 0 spiro atoms. The fraction of sp³-hybridized carbons (Fsp3) is 0.571. The minimum absolute atomic E-state index is 0.115. The summed E-state index contributed by atoms with van der Waals surface area (Å²) in [6.07, 6.45) is 0.581. The first-order valence-corrected chi connectivity index (χ1v) is 8.15. The van der Waals surface area contributed by atoms with E-state index in [0.29, 0.717) is 17.9 Å². The molecule has 1 N–H and O–H groups in total. The predicted octanol–water partition coefficient (Wildman–Crippen LogP) is 2.27. The van der Waals surface area contributed by atoms with Crippen LogP contribution in [0.5, 0.6) is 11.5 Å². The second-order valence-electron chi connectivity index (χ2n) is 5.12. The largest absolute Gasteiger partial charge is 0.493 e. The van der Waals surface area contributed by atoms with Crippen LogP contribution in [-0.4, -0.2) is 28.4 Å². The van der Waals surface area contributed by atoms with Crippen LogP contribution in [0.1, 0.15) is 32.8 Å². The van der Waals surface area contributed by atoms with Crippen molar-refractivity contribution in [2.24, 2.45) is 0 Å². The van der Waals surface area contributed by atoms with Gasteiger partial charge in [0.25, 0.3) is 0 Å². The van der Waals surface area contributed by atoms with E-state index in [1.165, 1.54) is 0 Å². The summed E-state index contributed by atoms with van der Waals surface area (Å²) in [5.74, 6) is 1.31.